The third-order valence-corrected chi connectivity index (χ3v) is 11.8. The summed E-state index contributed by atoms with van der Waals surface area (Å²) in [4.78, 5) is 55.4. The molecule has 4 aliphatic rings. The van der Waals surface area contributed by atoms with Crippen LogP contribution in [0.15, 0.2) is 35.3 Å². The highest BCUT2D eigenvalue weighted by Crippen LogP contribution is 2.27. The van der Waals surface area contributed by atoms with Crippen LogP contribution in [-0.4, -0.2) is 120 Å². The number of imide groups is 1. The number of hydrogen-bond donors (Lipinski definition) is 3. The molecule has 13 nitrogen and oxygen atoms in total. The van der Waals surface area contributed by atoms with Crippen molar-refractivity contribution in [3.8, 4) is 5.75 Å². The molecule has 6 heterocycles. The Hall–Kier alpha value is -3.79. The molecule has 15 heteroatoms. The summed E-state index contributed by atoms with van der Waals surface area (Å²) in [5.74, 6) is 1.42. The van der Waals surface area contributed by atoms with Crippen molar-refractivity contribution in [2.45, 2.75) is 55.6 Å². The van der Waals surface area contributed by atoms with Crippen LogP contribution in [0.5, 0.6) is 5.75 Å². The number of nitrogens with zero attached hydrogens (tertiary/aromatic N) is 5. The fraction of sp³-hybridized carbons (Fsp3) is 0.583. The largest absolute Gasteiger partial charge is 0.493 e. The molecule has 4 saturated heterocycles. The summed E-state index contributed by atoms with van der Waals surface area (Å²) in [6.45, 7) is 9.94. The Labute approximate surface area is 301 Å². The number of piperidine rings is 2. The summed E-state index contributed by atoms with van der Waals surface area (Å²) in [5.41, 5.74) is 0.945. The van der Waals surface area contributed by atoms with Gasteiger partial charge < -0.3 is 29.6 Å². The second-order valence-electron chi connectivity index (χ2n) is 13.9. The van der Waals surface area contributed by atoms with Crippen molar-refractivity contribution in [2.24, 2.45) is 5.92 Å². The number of anilines is 2. The minimum absolute atomic E-state index is 0.0239. The van der Waals surface area contributed by atoms with Gasteiger partial charge >= 0.3 is 0 Å². The lowest BCUT2D eigenvalue weighted by atomic mass is 9.98. The summed E-state index contributed by atoms with van der Waals surface area (Å²) < 4.78 is 26.5. The average Bonchev–Trinajstić information content (AvgIpc) is 3.14. The molecule has 1 atom stereocenters. The van der Waals surface area contributed by atoms with Gasteiger partial charge in [-0.25, -0.2) is 14.4 Å². The topological polar surface area (TPSA) is 145 Å². The first-order valence-corrected chi connectivity index (χ1v) is 19.2. The number of likely N-dealkylation sites (tertiary alicyclic amines) is 1. The summed E-state index contributed by atoms with van der Waals surface area (Å²) in [5, 5.41) is 5.95. The Bertz CT molecular complexity index is 1720. The Morgan fingerprint density at radius 1 is 0.961 bits per heavy atom. The van der Waals surface area contributed by atoms with Crippen LogP contribution in [0.3, 0.4) is 0 Å². The Morgan fingerprint density at radius 3 is 2.45 bits per heavy atom. The lowest BCUT2D eigenvalue weighted by Gasteiger charge is -2.38. The van der Waals surface area contributed by atoms with E-state index in [1.54, 1.807) is 17.8 Å². The molecule has 4 fully saturated rings. The van der Waals surface area contributed by atoms with Crippen LogP contribution in [0.2, 0.25) is 0 Å². The van der Waals surface area contributed by atoms with Crippen molar-refractivity contribution in [3.63, 3.8) is 0 Å². The number of aromatic nitrogens is 3. The van der Waals surface area contributed by atoms with E-state index in [0.717, 1.165) is 96.9 Å². The van der Waals surface area contributed by atoms with E-state index in [1.165, 1.54) is 6.07 Å². The van der Waals surface area contributed by atoms with Crippen LogP contribution in [-0.2, 0) is 20.1 Å². The van der Waals surface area contributed by atoms with E-state index < -0.39 is 17.4 Å². The number of hydrogen-bond acceptors (Lipinski definition) is 12. The lowest BCUT2D eigenvalue weighted by molar-refractivity contribution is -0.133. The number of amides is 2. The number of fused-ring (bicyclic) bond motifs is 1. The number of benzene rings is 1. The monoisotopic (exact) mass is 722 g/mol. The van der Waals surface area contributed by atoms with E-state index in [9.17, 15) is 18.8 Å². The highest BCUT2D eigenvalue weighted by atomic mass is 32.2. The quantitative estimate of drug-likeness (QED) is 0.237. The number of ether oxygens (including phenoxy) is 2. The summed E-state index contributed by atoms with van der Waals surface area (Å²) >= 11 is 1.76. The van der Waals surface area contributed by atoms with Gasteiger partial charge in [0.1, 0.15) is 34.6 Å². The SMILES string of the molecule is O=C1CCC(Nc2ccc(N3CCN(CCN4CCC(COc5cc(F)c6c(=O)[nH]c(CSC7CCOCC7)nc6c5)CC4)CC3)cn2)C(=O)N1. The molecule has 7 rings (SSSR count). The van der Waals surface area contributed by atoms with Gasteiger partial charge in [0.25, 0.3) is 5.56 Å². The van der Waals surface area contributed by atoms with Gasteiger partial charge in [-0.3, -0.25) is 24.6 Å². The predicted molar refractivity (Wildman–Crippen MR) is 195 cm³/mol. The van der Waals surface area contributed by atoms with Gasteiger partial charge in [-0.05, 0) is 63.2 Å². The highest BCUT2D eigenvalue weighted by molar-refractivity contribution is 7.99. The van der Waals surface area contributed by atoms with Gasteiger partial charge in [-0.2, -0.15) is 11.8 Å². The molecule has 3 aromatic rings. The van der Waals surface area contributed by atoms with Crippen molar-refractivity contribution in [1.82, 2.24) is 30.1 Å². The Morgan fingerprint density at radius 2 is 1.73 bits per heavy atom. The Kier molecular flexibility index (Phi) is 11.7. The maximum Gasteiger partial charge on any atom is 0.261 e. The first kappa shape index (κ1) is 35.6. The highest BCUT2D eigenvalue weighted by Gasteiger charge is 2.27. The number of carbonyl (C=O) groups is 2. The van der Waals surface area contributed by atoms with Crippen LogP contribution in [0.1, 0.15) is 44.3 Å². The van der Waals surface area contributed by atoms with Crippen molar-refractivity contribution < 1.29 is 23.5 Å². The third-order valence-electron chi connectivity index (χ3n) is 10.4. The van der Waals surface area contributed by atoms with Gasteiger partial charge in [0.2, 0.25) is 11.8 Å². The van der Waals surface area contributed by atoms with Crippen molar-refractivity contribution in [1.29, 1.82) is 0 Å². The summed E-state index contributed by atoms with van der Waals surface area (Å²) in [6, 6.07) is 6.48. The minimum atomic E-state index is -0.607. The third kappa shape index (κ3) is 9.36. The maximum atomic E-state index is 15.0. The zero-order valence-corrected chi connectivity index (χ0v) is 29.7. The molecule has 3 N–H and O–H groups in total. The van der Waals surface area contributed by atoms with Crippen LogP contribution < -0.4 is 25.8 Å². The molecule has 0 bridgehead atoms. The van der Waals surface area contributed by atoms with Crippen LogP contribution >= 0.6 is 11.8 Å². The molecule has 0 spiro atoms. The number of pyridine rings is 1. The zero-order chi connectivity index (χ0) is 35.2. The molecule has 4 aliphatic heterocycles. The molecule has 274 valence electrons. The smallest absolute Gasteiger partial charge is 0.261 e. The second-order valence-corrected chi connectivity index (χ2v) is 15.2. The molecular weight excluding hydrogens is 676 g/mol. The fourth-order valence-electron chi connectivity index (χ4n) is 7.21. The number of nitrogens with one attached hydrogen (secondary N) is 3. The first-order chi connectivity index (χ1) is 24.9. The number of H-pyrrole nitrogens is 1. The number of aromatic amines is 1. The zero-order valence-electron chi connectivity index (χ0n) is 28.9. The van der Waals surface area contributed by atoms with E-state index in [2.05, 4.69) is 40.3 Å². The molecule has 2 amide bonds. The second kappa shape index (κ2) is 16.7. The number of thioether (sulfide) groups is 1. The summed E-state index contributed by atoms with van der Waals surface area (Å²) in [6.07, 6.45) is 6.66. The average molecular weight is 723 g/mol. The molecular formula is C36H47FN8O5S. The lowest BCUT2D eigenvalue weighted by Crippen LogP contribution is -2.49. The molecule has 1 unspecified atom stereocenters. The number of piperazine rings is 1. The minimum Gasteiger partial charge on any atom is -0.493 e. The number of halogens is 1. The van der Waals surface area contributed by atoms with E-state index >= 15 is 0 Å². The van der Waals surface area contributed by atoms with Gasteiger partial charge in [-0.15, -0.1) is 0 Å². The molecule has 0 aliphatic carbocycles. The summed E-state index contributed by atoms with van der Waals surface area (Å²) in [7, 11) is 0. The molecule has 0 saturated carbocycles. The van der Waals surface area contributed by atoms with E-state index in [0.29, 0.717) is 59.3 Å². The van der Waals surface area contributed by atoms with E-state index in [-0.39, 0.29) is 17.2 Å². The van der Waals surface area contributed by atoms with Gasteiger partial charge in [0.15, 0.2) is 0 Å². The fourth-order valence-corrected chi connectivity index (χ4v) is 8.27. The number of carbonyl (C=O) groups excluding carboxylic acids is 2. The standard InChI is InChI=1S/C36H47FN8O5S/c37-28-19-26(20-30-34(28)36(48)41-32(40-30)23-51-27-7-17-49-18-8-27)50-22-24-5-9-43(10-6-24)11-12-44-13-15-45(16-14-44)25-1-3-31(38-21-25)39-29-2-4-33(46)42-35(29)47/h1,3,19-21,24,27,29H,2,4-18,22-23H2,(H,38,39)(H,40,41,48)(H,42,46,47). The molecule has 2 aromatic heterocycles. The van der Waals surface area contributed by atoms with E-state index in [4.69, 9.17) is 9.47 Å². The normalized spacial score (nSPS) is 21.6. The van der Waals surface area contributed by atoms with Crippen molar-refractivity contribution >= 4 is 46.0 Å². The van der Waals surface area contributed by atoms with Crippen LogP contribution in [0.25, 0.3) is 10.9 Å². The van der Waals surface area contributed by atoms with Crippen molar-refractivity contribution in [2.75, 3.05) is 82.4 Å². The predicted octanol–water partition coefficient (Wildman–Crippen LogP) is 3.00. The molecule has 1 aromatic carbocycles. The number of rotatable bonds is 12. The van der Waals surface area contributed by atoms with E-state index in [1.807, 2.05) is 18.3 Å². The maximum absolute atomic E-state index is 15.0. The van der Waals surface area contributed by atoms with Crippen LogP contribution in [0, 0.1) is 11.7 Å². The molecule has 51 heavy (non-hydrogen) atoms. The van der Waals surface area contributed by atoms with Gasteiger partial charge in [-0.1, -0.05) is 0 Å². The van der Waals surface area contributed by atoms with Gasteiger partial charge in [0, 0.05) is 76.3 Å². The Balaban J connectivity index is 0.810. The van der Waals surface area contributed by atoms with Gasteiger partial charge in [0.05, 0.1) is 29.8 Å². The van der Waals surface area contributed by atoms with Crippen molar-refractivity contribution in [3.05, 3.63) is 52.5 Å². The first-order valence-electron chi connectivity index (χ1n) is 18.2. The molecule has 0 radical (unpaired) electrons. The van der Waals surface area contributed by atoms with Crippen LogP contribution in [0.4, 0.5) is 15.9 Å².